The number of carbonyl (C=O) groups excluding carboxylic acids is 1. The third kappa shape index (κ3) is 4.46. The van der Waals surface area contributed by atoms with Crippen LogP contribution in [0.4, 0.5) is 0 Å². The predicted octanol–water partition coefficient (Wildman–Crippen LogP) is 3.04. The Kier molecular flexibility index (Phi) is 5.61. The summed E-state index contributed by atoms with van der Waals surface area (Å²) in [7, 11) is 0. The van der Waals surface area contributed by atoms with Gasteiger partial charge in [-0.25, -0.2) is 4.68 Å². The number of hydrogen-bond acceptors (Lipinski definition) is 3. The molecule has 2 aromatic carbocycles. The van der Waals surface area contributed by atoms with Crippen LogP contribution in [0.2, 0.25) is 0 Å². The molecule has 5 heteroatoms. The fraction of sp³-hybridized carbons (Fsp3) is 0.143. The number of aryl methyl sites for hydroxylation is 1. The molecular formula is C21H21N3O2. The molecule has 0 aliphatic heterocycles. The maximum absolute atomic E-state index is 12.0. The average molecular weight is 347 g/mol. The second-order valence-corrected chi connectivity index (χ2v) is 6.00. The summed E-state index contributed by atoms with van der Waals surface area (Å²) in [5.74, 6) is -0.259. The molecule has 0 aliphatic rings. The first kappa shape index (κ1) is 17.6. The number of benzene rings is 2. The molecule has 0 spiro atoms. The Morgan fingerprint density at radius 2 is 1.92 bits per heavy atom. The van der Waals surface area contributed by atoms with Crippen LogP contribution in [-0.4, -0.2) is 27.3 Å². The number of carbonyl (C=O) groups is 1. The summed E-state index contributed by atoms with van der Waals surface area (Å²) in [6.45, 7) is 2.10. The topological polar surface area (TPSA) is 67.2 Å². The lowest BCUT2D eigenvalue weighted by Gasteiger charge is -2.13. The molecule has 0 saturated carbocycles. The van der Waals surface area contributed by atoms with E-state index < -0.39 is 6.10 Å². The van der Waals surface area contributed by atoms with Crippen LogP contribution in [-0.2, 0) is 4.79 Å². The van der Waals surface area contributed by atoms with Crippen molar-refractivity contribution in [2.45, 2.75) is 13.0 Å². The van der Waals surface area contributed by atoms with Crippen LogP contribution in [0.1, 0.15) is 22.8 Å². The molecule has 1 amide bonds. The first-order valence-electron chi connectivity index (χ1n) is 8.43. The Labute approximate surface area is 152 Å². The van der Waals surface area contributed by atoms with Crippen molar-refractivity contribution in [1.29, 1.82) is 0 Å². The molecule has 1 unspecified atom stereocenters. The smallest absolute Gasteiger partial charge is 0.244 e. The zero-order valence-corrected chi connectivity index (χ0v) is 14.5. The van der Waals surface area contributed by atoms with Gasteiger partial charge in [0, 0.05) is 24.4 Å². The van der Waals surface area contributed by atoms with Gasteiger partial charge in [-0.2, -0.15) is 5.10 Å². The van der Waals surface area contributed by atoms with E-state index in [-0.39, 0.29) is 12.5 Å². The Bertz CT molecular complexity index is 900. The summed E-state index contributed by atoms with van der Waals surface area (Å²) in [6, 6.07) is 17.3. The van der Waals surface area contributed by atoms with Gasteiger partial charge in [0.1, 0.15) is 0 Å². The van der Waals surface area contributed by atoms with Gasteiger partial charge in [0.15, 0.2) is 0 Å². The summed E-state index contributed by atoms with van der Waals surface area (Å²) in [6.07, 6.45) is 5.95. The van der Waals surface area contributed by atoms with Crippen molar-refractivity contribution in [3.8, 4) is 5.69 Å². The van der Waals surface area contributed by atoms with Gasteiger partial charge in [0.05, 0.1) is 18.0 Å². The summed E-state index contributed by atoms with van der Waals surface area (Å²) in [5, 5.41) is 17.2. The molecule has 1 aromatic heterocycles. The molecule has 0 fully saturated rings. The van der Waals surface area contributed by atoms with E-state index in [0.29, 0.717) is 0 Å². The molecule has 0 aliphatic carbocycles. The van der Waals surface area contributed by atoms with Gasteiger partial charge in [-0.15, -0.1) is 0 Å². The van der Waals surface area contributed by atoms with Crippen LogP contribution < -0.4 is 5.32 Å². The van der Waals surface area contributed by atoms with E-state index in [2.05, 4.69) is 10.4 Å². The van der Waals surface area contributed by atoms with E-state index in [4.69, 9.17) is 0 Å². The van der Waals surface area contributed by atoms with E-state index in [1.807, 2.05) is 67.7 Å². The fourth-order valence-electron chi connectivity index (χ4n) is 2.64. The Morgan fingerprint density at radius 3 is 2.69 bits per heavy atom. The number of aliphatic hydroxyl groups excluding tert-OH is 1. The van der Waals surface area contributed by atoms with Crippen molar-refractivity contribution in [3.05, 3.63) is 89.8 Å². The number of hydrogen-bond donors (Lipinski definition) is 2. The number of rotatable bonds is 6. The molecule has 1 heterocycles. The average Bonchev–Trinajstić information content (AvgIpc) is 3.14. The van der Waals surface area contributed by atoms with Crippen LogP contribution in [0.25, 0.3) is 11.8 Å². The zero-order valence-electron chi connectivity index (χ0n) is 14.5. The number of amides is 1. The Balaban J connectivity index is 1.55. The maximum atomic E-state index is 12.0. The lowest BCUT2D eigenvalue weighted by Crippen LogP contribution is -2.26. The molecule has 1 atom stereocenters. The minimum atomic E-state index is -0.727. The highest BCUT2D eigenvalue weighted by atomic mass is 16.3. The number of aromatic nitrogens is 2. The van der Waals surface area contributed by atoms with Crippen LogP contribution in [0.5, 0.6) is 0 Å². The number of nitrogens with one attached hydrogen (secondary N) is 1. The molecule has 5 nitrogen and oxygen atoms in total. The van der Waals surface area contributed by atoms with Gasteiger partial charge in [-0.3, -0.25) is 4.79 Å². The molecular weight excluding hydrogens is 326 g/mol. The van der Waals surface area contributed by atoms with Crippen LogP contribution >= 0.6 is 0 Å². The number of para-hydroxylation sites is 1. The molecule has 26 heavy (non-hydrogen) atoms. The molecule has 2 N–H and O–H groups in total. The molecule has 0 radical (unpaired) electrons. The van der Waals surface area contributed by atoms with E-state index in [0.717, 1.165) is 22.4 Å². The second-order valence-electron chi connectivity index (χ2n) is 6.00. The van der Waals surface area contributed by atoms with Crippen LogP contribution in [0.3, 0.4) is 0 Å². The van der Waals surface area contributed by atoms with Crippen molar-refractivity contribution in [2.75, 3.05) is 6.54 Å². The zero-order chi connectivity index (χ0) is 18.4. The third-order valence-corrected chi connectivity index (χ3v) is 4.07. The number of aliphatic hydroxyl groups is 1. The standard InChI is InChI=1S/C21H21N3O2/c1-16-7-5-6-10-19(16)20(25)14-22-21(26)12-11-17-13-23-24(15-17)18-8-3-2-4-9-18/h2-13,15,20,25H,14H2,1H3,(H,22,26)/b12-11+. The molecule has 0 bridgehead atoms. The molecule has 132 valence electrons. The van der Waals surface area contributed by atoms with Crippen LogP contribution in [0, 0.1) is 6.92 Å². The highest BCUT2D eigenvalue weighted by Gasteiger charge is 2.10. The summed E-state index contributed by atoms with van der Waals surface area (Å²) < 4.78 is 1.75. The summed E-state index contributed by atoms with van der Waals surface area (Å²) >= 11 is 0. The monoisotopic (exact) mass is 347 g/mol. The van der Waals surface area contributed by atoms with Gasteiger partial charge in [-0.1, -0.05) is 42.5 Å². The lowest BCUT2D eigenvalue weighted by molar-refractivity contribution is -0.116. The third-order valence-electron chi connectivity index (χ3n) is 4.07. The van der Waals surface area contributed by atoms with E-state index in [1.165, 1.54) is 6.08 Å². The SMILES string of the molecule is Cc1ccccc1C(O)CNC(=O)/C=C/c1cnn(-c2ccccc2)c1. The van der Waals surface area contributed by atoms with Crippen molar-refractivity contribution >= 4 is 12.0 Å². The van der Waals surface area contributed by atoms with Crippen molar-refractivity contribution in [2.24, 2.45) is 0 Å². The highest BCUT2D eigenvalue weighted by molar-refractivity contribution is 5.91. The lowest BCUT2D eigenvalue weighted by atomic mass is 10.0. The molecule has 3 aromatic rings. The summed E-state index contributed by atoms with van der Waals surface area (Å²) in [5.41, 5.74) is 3.60. The normalized spacial score (nSPS) is 12.2. The molecule has 3 rings (SSSR count). The van der Waals surface area contributed by atoms with Crippen molar-refractivity contribution < 1.29 is 9.90 Å². The van der Waals surface area contributed by atoms with Gasteiger partial charge < -0.3 is 10.4 Å². The largest absolute Gasteiger partial charge is 0.387 e. The minimum Gasteiger partial charge on any atom is -0.387 e. The van der Waals surface area contributed by atoms with Crippen molar-refractivity contribution in [1.82, 2.24) is 15.1 Å². The first-order chi connectivity index (χ1) is 12.6. The van der Waals surface area contributed by atoms with Crippen LogP contribution in [0.15, 0.2) is 73.1 Å². The van der Waals surface area contributed by atoms with Crippen molar-refractivity contribution in [3.63, 3.8) is 0 Å². The van der Waals surface area contributed by atoms with Gasteiger partial charge >= 0.3 is 0 Å². The maximum Gasteiger partial charge on any atom is 0.244 e. The summed E-state index contributed by atoms with van der Waals surface area (Å²) in [4.78, 5) is 12.0. The van der Waals surface area contributed by atoms with Gasteiger partial charge in [-0.05, 0) is 36.3 Å². The fourth-order valence-corrected chi connectivity index (χ4v) is 2.64. The van der Waals surface area contributed by atoms with Gasteiger partial charge in [0.25, 0.3) is 0 Å². The van der Waals surface area contributed by atoms with E-state index >= 15 is 0 Å². The quantitative estimate of drug-likeness (QED) is 0.674. The van der Waals surface area contributed by atoms with E-state index in [9.17, 15) is 9.90 Å². The minimum absolute atomic E-state index is 0.164. The first-order valence-corrected chi connectivity index (χ1v) is 8.43. The highest BCUT2D eigenvalue weighted by Crippen LogP contribution is 2.16. The number of nitrogens with zero attached hydrogens (tertiary/aromatic N) is 2. The predicted molar refractivity (Wildman–Crippen MR) is 102 cm³/mol. The second kappa shape index (κ2) is 8.27. The Morgan fingerprint density at radius 1 is 1.19 bits per heavy atom. The van der Waals surface area contributed by atoms with Gasteiger partial charge in [0.2, 0.25) is 5.91 Å². The van der Waals surface area contributed by atoms with E-state index in [1.54, 1.807) is 17.0 Å². The molecule has 0 saturated heterocycles. The Hall–Kier alpha value is -3.18.